The normalized spacial score (nSPS) is 14.7. The second kappa shape index (κ2) is 3.87. The van der Waals surface area contributed by atoms with Crippen LogP contribution in [0.25, 0.3) is 11.3 Å². The first kappa shape index (κ1) is 10.8. The van der Waals surface area contributed by atoms with Gasteiger partial charge in [0, 0.05) is 24.7 Å². The van der Waals surface area contributed by atoms with Crippen LogP contribution >= 0.6 is 0 Å². The standard InChI is InChI=1S/C13H13N3O2/c1-16-11-4-2-8(10-7-18-13(14)15-10)6-9(11)3-5-12(16)17/h2,4,6-7H,3,5H2,1H3,(H2,14,15). The van der Waals surface area contributed by atoms with Gasteiger partial charge < -0.3 is 15.1 Å². The number of oxazole rings is 1. The van der Waals surface area contributed by atoms with Gasteiger partial charge in [-0.25, -0.2) is 0 Å². The SMILES string of the molecule is CN1C(=O)CCc2cc(-c3coc(N)n3)ccc21. The minimum absolute atomic E-state index is 0.154. The molecule has 1 amide bonds. The highest BCUT2D eigenvalue weighted by atomic mass is 16.4. The van der Waals surface area contributed by atoms with E-state index >= 15 is 0 Å². The van der Waals surface area contributed by atoms with E-state index < -0.39 is 0 Å². The van der Waals surface area contributed by atoms with Crippen LogP contribution in [0.15, 0.2) is 28.9 Å². The van der Waals surface area contributed by atoms with Crippen LogP contribution in [0.2, 0.25) is 0 Å². The minimum Gasteiger partial charge on any atom is -0.432 e. The van der Waals surface area contributed by atoms with Crippen molar-refractivity contribution in [3.8, 4) is 11.3 Å². The average Bonchev–Trinajstić information content (AvgIpc) is 2.80. The lowest BCUT2D eigenvalue weighted by atomic mass is 9.98. The van der Waals surface area contributed by atoms with Crippen molar-refractivity contribution in [1.82, 2.24) is 4.98 Å². The van der Waals surface area contributed by atoms with E-state index in [1.54, 1.807) is 11.9 Å². The van der Waals surface area contributed by atoms with Crippen molar-refractivity contribution in [2.45, 2.75) is 12.8 Å². The van der Waals surface area contributed by atoms with Gasteiger partial charge in [0.1, 0.15) is 12.0 Å². The third-order valence-corrected chi connectivity index (χ3v) is 3.24. The number of aromatic nitrogens is 1. The average molecular weight is 243 g/mol. The fraction of sp³-hybridized carbons (Fsp3) is 0.231. The maximum Gasteiger partial charge on any atom is 0.292 e. The summed E-state index contributed by atoms with van der Waals surface area (Å²) in [5, 5.41) is 0. The summed E-state index contributed by atoms with van der Waals surface area (Å²) >= 11 is 0. The van der Waals surface area contributed by atoms with E-state index in [9.17, 15) is 4.79 Å². The monoisotopic (exact) mass is 243 g/mol. The summed E-state index contributed by atoms with van der Waals surface area (Å²) in [6.07, 6.45) is 2.85. The van der Waals surface area contributed by atoms with Gasteiger partial charge in [0.05, 0.1) is 0 Å². The molecule has 0 bridgehead atoms. The molecule has 0 saturated heterocycles. The van der Waals surface area contributed by atoms with E-state index in [-0.39, 0.29) is 11.9 Å². The quantitative estimate of drug-likeness (QED) is 0.829. The summed E-state index contributed by atoms with van der Waals surface area (Å²) in [4.78, 5) is 17.4. The molecule has 18 heavy (non-hydrogen) atoms. The van der Waals surface area contributed by atoms with Gasteiger partial charge in [-0.15, -0.1) is 0 Å². The highest BCUT2D eigenvalue weighted by molar-refractivity contribution is 5.96. The van der Waals surface area contributed by atoms with Crippen LogP contribution < -0.4 is 10.6 Å². The number of hydrogen-bond acceptors (Lipinski definition) is 4. The van der Waals surface area contributed by atoms with Gasteiger partial charge in [-0.3, -0.25) is 4.79 Å². The third kappa shape index (κ3) is 1.64. The van der Waals surface area contributed by atoms with Gasteiger partial charge in [0.15, 0.2) is 0 Å². The molecule has 2 aromatic rings. The molecule has 3 rings (SSSR count). The molecule has 0 saturated carbocycles. The number of carbonyl (C=O) groups is 1. The molecule has 5 nitrogen and oxygen atoms in total. The molecule has 1 aliphatic rings. The maximum absolute atomic E-state index is 11.6. The molecule has 1 aromatic carbocycles. The molecule has 1 aliphatic heterocycles. The van der Waals surface area contributed by atoms with Gasteiger partial charge in [0.2, 0.25) is 5.91 Å². The van der Waals surface area contributed by atoms with Crippen LogP contribution in [0.4, 0.5) is 11.7 Å². The maximum atomic E-state index is 11.6. The van der Waals surface area contributed by atoms with Crippen molar-refractivity contribution in [2.24, 2.45) is 0 Å². The van der Waals surface area contributed by atoms with Crippen molar-refractivity contribution >= 4 is 17.6 Å². The third-order valence-electron chi connectivity index (χ3n) is 3.24. The second-order valence-electron chi connectivity index (χ2n) is 4.37. The molecule has 5 heteroatoms. The van der Waals surface area contributed by atoms with Crippen molar-refractivity contribution in [2.75, 3.05) is 17.7 Å². The molecule has 0 spiro atoms. The fourth-order valence-electron chi connectivity index (χ4n) is 2.24. The lowest BCUT2D eigenvalue weighted by molar-refractivity contribution is -0.118. The highest BCUT2D eigenvalue weighted by Crippen LogP contribution is 2.31. The number of nitrogens with two attached hydrogens (primary N) is 1. The smallest absolute Gasteiger partial charge is 0.292 e. The van der Waals surface area contributed by atoms with Crippen molar-refractivity contribution < 1.29 is 9.21 Å². The van der Waals surface area contributed by atoms with E-state index in [2.05, 4.69) is 4.98 Å². The molecule has 92 valence electrons. The van der Waals surface area contributed by atoms with Gasteiger partial charge in [-0.05, 0) is 24.1 Å². The fourth-order valence-corrected chi connectivity index (χ4v) is 2.24. The first-order valence-corrected chi connectivity index (χ1v) is 5.76. The number of nitrogens with zero attached hydrogens (tertiary/aromatic N) is 2. The van der Waals surface area contributed by atoms with Crippen molar-refractivity contribution in [1.29, 1.82) is 0 Å². The van der Waals surface area contributed by atoms with Crippen molar-refractivity contribution in [3.05, 3.63) is 30.0 Å². The summed E-state index contributed by atoms with van der Waals surface area (Å²) in [7, 11) is 1.80. The lowest BCUT2D eigenvalue weighted by Crippen LogP contribution is -2.30. The summed E-state index contributed by atoms with van der Waals surface area (Å²) in [6.45, 7) is 0. The summed E-state index contributed by atoms with van der Waals surface area (Å²) in [6, 6.07) is 6.06. The summed E-state index contributed by atoms with van der Waals surface area (Å²) in [5.74, 6) is 0.154. The predicted molar refractivity (Wildman–Crippen MR) is 68.1 cm³/mol. The Kier molecular flexibility index (Phi) is 2.33. The Hall–Kier alpha value is -2.30. The zero-order valence-electron chi connectivity index (χ0n) is 10.0. The number of amides is 1. The number of carbonyl (C=O) groups excluding carboxylic acids is 1. The van der Waals surface area contributed by atoms with Crippen LogP contribution in [0, 0.1) is 0 Å². The largest absolute Gasteiger partial charge is 0.432 e. The van der Waals surface area contributed by atoms with Gasteiger partial charge in [0.25, 0.3) is 6.01 Å². The molecule has 0 aliphatic carbocycles. The Balaban J connectivity index is 2.04. The Labute approximate surface area is 104 Å². The van der Waals surface area contributed by atoms with Crippen LogP contribution in [0.1, 0.15) is 12.0 Å². The van der Waals surface area contributed by atoms with Gasteiger partial charge >= 0.3 is 0 Å². The number of anilines is 2. The summed E-state index contributed by atoms with van der Waals surface area (Å²) in [5.41, 5.74) is 9.25. The molecule has 0 fully saturated rings. The van der Waals surface area contributed by atoms with Crippen LogP contribution in [0.3, 0.4) is 0 Å². The Bertz CT molecular complexity index is 618. The zero-order valence-corrected chi connectivity index (χ0v) is 10.0. The van der Waals surface area contributed by atoms with E-state index in [1.165, 1.54) is 6.26 Å². The van der Waals surface area contributed by atoms with Gasteiger partial charge in [-0.2, -0.15) is 4.98 Å². The first-order valence-electron chi connectivity index (χ1n) is 5.76. The lowest BCUT2D eigenvalue weighted by Gasteiger charge is -2.25. The molecule has 0 radical (unpaired) electrons. The number of fused-ring (bicyclic) bond motifs is 1. The number of benzene rings is 1. The molecule has 2 N–H and O–H groups in total. The molecule has 0 unspecified atom stereocenters. The highest BCUT2D eigenvalue weighted by Gasteiger charge is 2.21. The van der Waals surface area contributed by atoms with E-state index in [0.717, 1.165) is 28.9 Å². The Morgan fingerprint density at radius 2 is 2.22 bits per heavy atom. The predicted octanol–water partition coefficient (Wildman–Crippen LogP) is 1.83. The minimum atomic E-state index is 0.154. The molecule has 1 aromatic heterocycles. The van der Waals surface area contributed by atoms with Crippen molar-refractivity contribution in [3.63, 3.8) is 0 Å². The Morgan fingerprint density at radius 1 is 1.39 bits per heavy atom. The summed E-state index contributed by atoms with van der Waals surface area (Å²) < 4.78 is 5.00. The van der Waals surface area contributed by atoms with E-state index in [0.29, 0.717) is 6.42 Å². The van der Waals surface area contributed by atoms with E-state index in [4.69, 9.17) is 10.2 Å². The molecule has 0 atom stereocenters. The van der Waals surface area contributed by atoms with Crippen LogP contribution in [-0.4, -0.2) is 17.9 Å². The first-order chi connectivity index (χ1) is 8.65. The topological polar surface area (TPSA) is 72.4 Å². The number of aryl methyl sites for hydroxylation is 1. The number of nitrogen functional groups attached to an aromatic ring is 1. The number of rotatable bonds is 1. The van der Waals surface area contributed by atoms with Crippen LogP contribution in [0.5, 0.6) is 0 Å². The molecule has 2 heterocycles. The zero-order chi connectivity index (χ0) is 12.7. The molecular weight excluding hydrogens is 230 g/mol. The molecular formula is C13H13N3O2. The Morgan fingerprint density at radius 3 is 2.94 bits per heavy atom. The van der Waals surface area contributed by atoms with E-state index in [1.807, 2.05) is 18.2 Å². The second-order valence-corrected chi connectivity index (χ2v) is 4.37. The van der Waals surface area contributed by atoms with Crippen LogP contribution in [-0.2, 0) is 11.2 Å². The van der Waals surface area contributed by atoms with Gasteiger partial charge in [-0.1, -0.05) is 6.07 Å². The number of hydrogen-bond donors (Lipinski definition) is 1.